The molecule has 134 valence electrons. The highest BCUT2D eigenvalue weighted by atomic mass is 79.9. The molecule has 3 rings (SSSR count). The highest BCUT2D eigenvalue weighted by Gasteiger charge is 2.12. The second-order valence-corrected chi connectivity index (χ2v) is 6.33. The van der Waals surface area contributed by atoms with Gasteiger partial charge in [-0.1, -0.05) is 21.1 Å². The van der Waals surface area contributed by atoms with Gasteiger partial charge < -0.3 is 14.6 Å². The Hall–Kier alpha value is -2.74. The zero-order valence-corrected chi connectivity index (χ0v) is 15.4. The zero-order valence-electron chi connectivity index (χ0n) is 13.8. The average Bonchev–Trinajstić information content (AvgIpc) is 3.11. The van der Waals surface area contributed by atoms with Crippen LogP contribution >= 0.6 is 15.9 Å². The molecule has 1 heterocycles. The average molecular weight is 420 g/mol. The van der Waals surface area contributed by atoms with Gasteiger partial charge in [0.05, 0.1) is 12.8 Å². The van der Waals surface area contributed by atoms with Crippen molar-refractivity contribution >= 4 is 27.5 Å². The van der Waals surface area contributed by atoms with Crippen LogP contribution in [-0.2, 0) is 11.2 Å². The lowest BCUT2D eigenvalue weighted by molar-refractivity contribution is -0.116. The molecule has 0 aliphatic carbocycles. The van der Waals surface area contributed by atoms with E-state index < -0.39 is 5.82 Å². The van der Waals surface area contributed by atoms with Gasteiger partial charge in [0.2, 0.25) is 17.6 Å². The second kappa shape index (κ2) is 8.09. The van der Waals surface area contributed by atoms with Crippen molar-refractivity contribution in [3.8, 4) is 17.1 Å². The molecule has 0 saturated carbocycles. The highest BCUT2D eigenvalue weighted by Crippen LogP contribution is 2.21. The number of hydrogen-bond acceptors (Lipinski definition) is 5. The van der Waals surface area contributed by atoms with E-state index in [-0.39, 0.29) is 24.4 Å². The molecule has 0 atom stereocenters. The first-order valence-corrected chi connectivity index (χ1v) is 8.56. The Morgan fingerprint density at radius 1 is 1.27 bits per heavy atom. The van der Waals surface area contributed by atoms with Crippen LogP contribution < -0.4 is 10.1 Å². The predicted octanol–water partition coefficient (Wildman–Crippen LogP) is 4.22. The maximum atomic E-state index is 13.7. The minimum absolute atomic E-state index is 0.0970. The monoisotopic (exact) mass is 419 g/mol. The normalized spacial score (nSPS) is 10.6. The minimum atomic E-state index is -0.507. The Balaban J connectivity index is 1.58. The molecule has 1 aromatic heterocycles. The van der Waals surface area contributed by atoms with Gasteiger partial charge in [0.15, 0.2) is 0 Å². The number of carbonyl (C=O) groups excluding carboxylic acids is 1. The summed E-state index contributed by atoms with van der Waals surface area (Å²) in [5.41, 5.74) is 0.907. The number of ether oxygens (including phenoxy) is 1. The number of hydrogen-bond donors (Lipinski definition) is 1. The summed E-state index contributed by atoms with van der Waals surface area (Å²) in [7, 11) is 1.59. The first-order valence-electron chi connectivity index (χ1n) is 7.77. The van der Waals surface area contributed by atoms with Gasteiger partial charge in [-0.2, -0.15) is 4.98 Å². The lowest BCUT2D eigenvalue weighted by atomic mass is 10.2. The van der Waals surface area contributed by atoms with Gasteiger partial charge >= 0.3 is 0 Å². The molecule has 0 radical (unpaired) electrons. The van der Waals surface area contributed by atoms with E-state index in [1.807, 2.05) is 12.1 Å². The minimum Gasteiger partial charge on any atom is -0.497 e. The van der Waals surface area contributed by atoms with Crippen molar-refractivity contribution in [2.45, 2.75) is 12.8 Å². The first kappa shape index (κ1) is 18.1. The Bertz CT molecular complexity index is 912. The lowest BCUT2D eigenvalue weighted by Gasteiger charge is -2.05. The Labute approximate surface area is 157 Å². The maximum absolute atomic E-state index is 13.7. The molecule has 3 aromatic rings. The second-order valence-electron chi connectivity index (χ2n) is 5.41. The number of aromatic nitrogens is 2. The molecule has 0 aliphatic heterocycles. The molecule has 0 aliphatic rings. The Kier molecular flexibility index (Phi) is 5.62. The zero-order chi connectivity index (χ0) is 18.5. The number of benzene rings is 2. The molecule has 1 amide bonds. The number of nitrogens with one attached hydrogen (secondary N) is 1. The van der Waals surface area contributed by atoms with Crippen molar-refractivity contribution in [2.24, 2.45) is 0 Å². The molecule has 6 nitrogen and oxygen atoms in total. The third-order valence-electron chi connectivity index (χ3n) is 3.59. The van der Waals surface area contributed by atoms with E-state index >= 15 is 0 Å². The van der Waals surface area contributed by atoms with Crippen LogP contribution in [0.3, 0.4) is 0 Å². The van der Waals surface area contributed by atoms with Gasteiger partial charge in [-0.15, -0.1) is 0 Å². The van der Waals surface area contributed by atoms with Gasteiger partial charge in [0, 0.05) is 22.9 Å². The number of aryl methyl sites for hydroxylation is 1. The van der Waals surface area contributed by atoms with E-state index in [0.29, 0.717) is 16.2 Å². The number of nitrogens with zero attached hydrogens (tertiary/aromatic N) is 2. The Morgan fingerprint density at radius 3 is 2.73 bits per heavy atom. The number of amides is 1. The van der Waals surface area contributed by atoms with Crippen molar-refractivity contribution in [2.75, 3.05) is 12.4 Å². The SMILES string of the molecule is COc1ccc(-c2noc(CCC(=O)Nc3ccc(Br)cc3F)n2)cc1. The molecule has 2 aromatic carbocycles. The van der Waals surface area contributed by atoms with Crippen LogP contribution in [-0.4, -0.2) is 23.2 Å². The number of rotatable bonds is 6. The molecule has 1 N–H and O–H groups in total. The summed E-state index contributed by atoms with van der Waals surface area (Å²) in [6.07, 6.45) is 0.354. The quantitative estimate of drug-likeness (QED) is 0.646. The van der Waals surface area contributed by atoms with Crippen molar-refractivity contribution in [1.29, 1.82) is 0 Å². The summed E-state index contributed by atoms with van der Waals surface area (Å²) >= 11 is 3.17. The number of halogens is 2. The van der Waals surface area contributed by atoms with Gasteiger partial charge in [0.1, 0.15) is 11.6 Å². The predicted molar refractivity (Wildman–Crippen MR) is 97.3 cm³/mol. The lowest BCUT2D eigenvalue weighted by Crippen LogP contribution is -2.13. The summed E-state index contributed by atoms with van der Waals surface area (Å²) in [6, 6.07) is 11.7. The van der Waals surface area contributed by atoms with Crippen LogP contribution in [0.15, 0.2) is 51.5 Å². The summed E-state index contributed by atoms with van der Waals surface area (Å²) in [6.45, 7) is 0. The molecule has 0 unspecified atom stereocenters. The van der Waals surface area contributed by atoms with Crippen LogP contribution in [0.25, 0.3) is 11.4 Å². The fraction of sp³-hybridized carbons (Fsp3) is 0.167. The molecular weight excluding hydrogens is 405 g/mol. The van der Waals surface area contributed by atoms with E-state index in [1.165, 1.54) is 12.1 Å². The maximum Gasteiger partial charge on any atom is 0.227 e. The molecule has 0 saturated heterocycles. The van der Waals surface area contributed by atoms with Crippen LogP contribution in [0.1, 0.15) is 12.3 Å². The van der Waals surface area contributed by atoms with Crippen molar-refractivity contribution < 1.29 is 18.4 Å². The summed E-state index contributed by atoms with van der Waals surface area (Å²) in [5, 5.41) is 6.42. The Morgan fingerprint density at radius 2 is 2.04 bits per heavy atom. The standard InChI is InChI=1S/C18H15BrFN3O3/c1-25-13-5-2-11(3-6-13)18-22-17(26-23-18)9-8-16(24)21-15-7-4-12(19)10-14(15)20/h2-7,10H,8-9H2,1H3,(H,21,24). The van der Waals surface area contributed by atoms with E-state index in [0.717, 1.165) is 11.3 Å². The third-order valence-corrected chi connectivity index (χ3v) is 4.08. The van der Waals surface area contributed by atoms with Crippen LogP contribution in [0.4, 0.5) is 10.1 Å². The van der Waals surface area contributed by atoms with Gasteiger partial charge in [-0.25, -0.2) is 4.39 Å². The van der Waals surface area contributed by atoms with Gasteiger partial charge in [-0.3, -0.25) is 4.79 Å². The smallest absolute Gasteiger partial charge is 0.227 e. The van der Waals surface area contributed by atoms with Crippen LogP contribution in [0, 0.1) is 5.82 Å². The fourth-order valence-corrected chi connectivity index (χ4v) is 2.57. The number of anilines is 1. The van der Waals surface area contributed by atoms with Crippen LogP contribution in [0.5, 0.6) is 5.75 Å². The van der Waals surface area contributed by atoms with Crippen molar-refractivity contribution in [3.63, 3.8) is 0 Å². The summed E-state index contributed by atoms with van der Waals surface area (Å²) in [4.78, 5) is 16.2. The molecular formula is C18H15BrFN3O3. The van der Waals surface area contributed by atoms with E-state index in [1.54, 1.807) is 25.3 Å². The molecule has 8 heteroatoms. The van der Waals surface area contributed by atoms with E-state index in [4.69, 9.17) is 9.26 Å². The van der Waals surface area contributed by atoms with E-state index in [2.05, 4.69) is 31.4 Å². The molecule has 0 spiro atoms. The topological polar surface area (TPSA) is 77.2 Å². The largest absolute Gasteiger partial charge is 0.497 e. The van der Waals surface area contributed by atoms with Crippen molar-refractivity contribution in [3.05, 3.63) is 58.6 Å². The summed E-state index contributed by atoms with van der Waals surface area (Å²) in [5.74, 6) is 0.654. The molecule has 0 bridgehead atoms. The number of methoxy groups -OCH3 is 1. The number of carbonyl (C=O) groups is 1. The van der Waals surface area contributed by atoms with Gasteiger partial charge in [0.25, 0.3) is 0 Å². The van der Waals surface area contributed by atoms with Crippen molar-refractivity contribution in [1.82, 2.24) is 10.1 Å². The fourth-order valence-electron chi connectivity index (χ4n) is 2.24. The van der Waals surface area contributed by atoms with Crippen LogP contribution in [0.2, 0.25) is 0 Å². The third kappa shape index (κ3) is 4.45. The van der Waals surface area contributed by atoms with Gasteiger partial charge in [-0.05, 0) is 42.5 Å². The molecule has 0 fully saturated rings. The van der Waals surface area contributed by atoms with E-state index in [9.17, 15) is 9.18 Å². The first-order chi connectivity index (χ1) is 12.5. The highest BCUT2D eigenvalue weighted by molar-refractivity contribution is 9.10. The molecule has 26 heavy (non-hydrogen) atoms. The summed E-state index contributed by atoms with van der Waals surface area (Å²) < 4.78 is 24.6.